The van der Waals surface area contributed by atoms with Gasteiger partial charge in [-0.25, -0.2) is 30.3 Å². The van der Waals surface area contributed by atoms with Crippen LogP contribution in [0, 0.1) is 33.1 Å². The molecule has 1 amide bonds. The summed E-state index contributed by atoms with van der Waals surface area (Å²) >= 11 is 0. The van der Waals surface area contributed by atoms with Crippen LogP contribution in [0.4, 0.5) is 37.2 Å². The molecule has 13 rings (SSSR count). The molecule has 7 aliphatic rings. The summed E-state index contributed by atoms with van der Waals surface area (Å²) in [6, 6.07) is 20.7. The third-order valence-corrected chi connectivity index (χ3v) is 21.2. The van der Waals surface area contributed by atoms with Gasteiger partial charge < -0.3 is 43.8 Å². The number of aromatic nitrogens is 2. The van der Waals surface area contributed by atoms with Gasteiger partial charge >= 0.3 is 0 Å². The van der Waals surface area contributed by atoms with Crippen molar-refractivity contribution >= 4 is 65.4 Å². The number of fused-ring (bicyclic) bond motifs is 4. The van der Waals surface area contributed by atoms with Crippen molar-refractivity contribution in [3.63, 3.8) is 0 Å². The van der Waals surface area contributed by atoms with E-state index in [2.05, 4.69) is 24.8 Å². The van der Waals surface area contributed by atoms with Crippen LogP contribution >= 0.6 is 0 Å². The van der Waals surface area contributed by atoms with Crippen molar-refractivity contribution in [3.05, 3.63) is 124 Å². The summed E-state index contributed by atoms with van der Waals surface area (Å²) in [5.41, 5.74) is 2.81. The fraction of sp³-hybridized carbons (Fsp3) is 0.458. The first-order valence-electron chi connectivity index (χ1n) is 28.7. The van der Waals surface area contributed by atoms with Crippen molar-refractivity contribution < 1.29 is 59.0 Å². The Labute approximate surface area is 484 Å². The first-order valence-corrected chi connectivity index (χ1v) is 31.6. The number of piperidine rings is 1. The molecule has 1 spiro atoms. The molecule has 444 valence electrons. The number of carbonyl (C=O) groups is 1. The van der Waals surface area contributed by atoms with Gasteiger partial charge in [-0.05, 0) is 125 Å². The summed E-state index contributed by atoms with van der Waals surface area (Å²) in [5, 5.41) is 16.6. The van der Waals surface area contributed by atoms with Gasteiger partial charge in [0.1, 0.15) is 29.8 Å². The van der Waals surface area contributed by atoms with Gasteiger partial charge in [0, 0.05) is 93.6 Å². The number of ether oxygens (including phenoxy) is 5. The van der Waals surface area contributed by atoms with Crippen LogP contribution in [0.5, 0.6) is 17.4 Å². The highest BCUT2D eigenvalue weighted by Gasteiger charge is 2.51. The van der Waals surface area contributed by atoms with E-state index < -0.39 is 65.2 Å². The van der Waals surface area contributed by atoms with Gasteiger partial charge in [0.15, 0.2) is 23.1 Å². The summed E-state index contributed by atoms with van der Waals surface area (Å²) in [5.74, 6) is -2.24. The molecule has 4 saturated heterocycles. The average Bonchev–Trinajstić information content (AvgIpc) is 1.66. The van der Waals surface area contributed by atoms with Gasteiger partial charge in [0.2, 0.25) is 15.9 Å². The molecule has 0 bridgehead atoms. The van der Waals surface area contributed by atoms with Crippen molar-refractivity contribution in [2.75, 3.05) is 80.9 Å². The number of nitrogens with zero attached hydrogens (tertiary/aromatic N) is 6. The number of hydrogen-bond donors (Lipinski definition) is 3. The minimum atomic E-state index is -4.77. The van der Waals surface area contributed by atoms with E-state index in [1.807, 2.05) is 67.3 Å². The van der Waals surface area contributed by atoms with E-state index in [9.17, 15) is 40.5 Å². The average molecular weight is 1190 g/mol. The fourth-order valence-electron chi connectivity index (χ4n) is 13.6. The minimum Gasteiger partial charge on any atom is -0.491 e. The topological polar surface area (TPSA) is 240 Å². The van der Waals surface area contributed by atoms with Crippen LogP contribution in [0.15, 0.2) is 101 Å². The Bertz CT molecular complexity index is 3780. The van der Waals surface area contributed by atoms with Crippen LogP contribution < -0.4 is 34.0 Å². The number of hydrogen-bond acceptors (Lipinski definition) is 17. The number of nitro groups is 1. The smallest absolute Gasteiger partial charge is 0.297 e. The Morgan fingerprint density at radius 3 is 2.43 bits per heavy atom. The number of rotatable bonds is 13. The number of nitrogens with one attached hydrogen (secondary N) is 3. The zero-order valence-electron chi connectivity index (χ0n) is 46.4. The van der Waals surface area contributed by atoms with E-state index in [1.165, 1.54) is 10.4 Å². The van der Waals surface area contributed by atoms with Gasteiger partial charge in [0.05, 0.1) is 56.8 Å². The van der Waals surface area contributed by atoms with E-state index in [0.29, 0.717) is 74.5 Å². The summed E-state index contributed by atoms with van der Waals surface area (Å²) in [6.07, 6.45) is 6.50. The molecule has 8 heterocycles. The van der Waals surface area contributed by atoms with Crippen molar-refractivity contribution in [1.29, 1.82) is 0 Å². The number of halogens is 2. The number of aromatic amines is 1. The largest absolute Gasteiger partial charge is 0.491 e. The van der Waals surface area contributed by atoms with Crippen LogP contribution in [-0.4, -0.2) is 143 Å². The van der Waals surface area contributed by atoms with Crippen LogP contribution in [-0.2, 0) is 29.5 Å². The number of H-pyrrole nitrogens is 1. The van der Waals surface area contributed by atoms with Crippen molar-refractivity contribution in [3.8, 4) is 17.4 Å². The molecule has 0 unspecified atom stereocenters. The highest BCUT2D eigenvalue weighted by molar-refractivity contribution is 7.90. The quantitative estimate of drug-likeness (QED) is 0.0726. The lowest BCUT2D eigenvalue weighted by Gasteiger charge is -2.58. The Morgan fingerprint density at radius 2 is 1.65 bits per heavy atom. The van der Waals surface area contributed by atoms with Gasteiger partial charge in [-0.3, -0.25) is 19.8 Å². The lowest BCUT2D eigenvalue weighted by atomic mass is 9.59. The molecule has 6 aromatic rings. The van der Waals surface area contributed by atoms with Crippen LogP contribution in [0.25, 0.3) is 11.0 Å². The maximum absolute atomic E-state index is 14.9. The molecule has 1 saturated carbocycles. The number of benzene rings is 4. The Hall–Kier alpha value is -7.16. The molecule has 84 heavy (non-hydrogen) atoms. The molecule has 2 aromatic heterocycles. The van der Waals surface area contributed by atoms with Crippen molar-refractivity contribution in [1.82, 2.24) is 23.9 Å². The lowest BCUT2D eigenvalue weighted by molar-refractivity contribution is -0.384. The summed E-state index contributed by atoms with van der Waals surface area (Å²) in [6.45, 7) is 7.74. The number of pyridine rings is 1. The molecular formula is C59H65F2N9O12S2. The number of carbonyl (C=O) groups excluding carboxylic acids is 1. The lowest BCUT2D eigenvalue weighted by Crippen LogP contribution is -2.60. The number of sulfonamides is 2. The Morgan fingerprint density at radius 1 is 0.869 bits per heavy atom. The van der Waals surface area contributed by atoms with E-state index >= 15 is 0 Å². The highest BCUT2D eigenvalue weighted by Crippen LogP contribution is 2.54. The second-order valence-corrected chi connectivity index (χ2v) is 27.0. The maximum Gasteiger partial charge on any atom is 0.297 e. The molecule has 3 N–H and O–H groups in total. The SMILES string of the molecule is CC(C)Oc1ccccc1[C@@H]1CN(S(=O)(=O)c2ccc(F)c(F)c2)CCN1C1CC2(CCN(c3ccc(C(=O)NS(=O)(=O)c4cc5c(c([N+](=O)[O-])c4)N[C@H](C4CCOCC4)CO5)c(N4c5cc6cc[nH]c6nc5O[C@H]5COCC[C@@H]54)c3)CC2)C1. The van der Waals surface area contributed by atoms with E-state index in [1.54, 1.807) is 12.3 Å². The van der Waals surface area contributed by atoms with Gasteiger partial charge in [0.25, 0.3) is 21.6 Å². The first-order chi connectivity index (χ1) is 40.4. The van der Waals surface area contributed by atoms with Crippen LogP contribution in [0.3, 0.4) is 0 Å². The van der Waals surface area contributed by atoms with Crippen molar-refractivity contribution in [2.24, 2.45) is 11.3 Å². The van der Waals surface area contributed by atoms with E-state index in [4.69, 9.17) is 28.7 Å². The summed E-state index contributed by atoms with van der Waals surface area (Å²) < 4.78 is 119. The molecular weight excluding hydrogens is 1130 g/mol. The second kappa shape index (κ2) is 22.0. The molecule has 4 atom stereocenters. The molecule has 21 nitrogen and oxygen atoms in total. The summed E-state index contributed by atoms with van der Waals surface area (Å²) in [4.78, 5) is 40.7. The molecule has 1 aliphatic carbocycles. The normalized spacial score (nSPS) is 23.2. The Balaban J connectivity index is 0.780. The number of anilines is 4. The zero-order chi connectivity index (χ0) is 58.2. The maximum atomic E-state index is 14.9. The monoisotopic (exact) mass is 1190 g/mol. The molecule has 0 radical (unpaired) electrons. The number of piperazine rings is 1. The van der Waals surface area contributed by atoms with Gasteiger partial charge in [-0.2, -0.15) is 9.29 Å². The minimum absolute atomic E-state index is 0.0116. The number of amides is 1. The number of nitro benzene ring substituents is 1. The predicted octanol–water partition coefficient (Wildman–Crippen LogP) is 8.44. The van der Waals surface area contributed by atoms with Crippen molar-refractivity contribution in [2.45, 2.75) is 105 Å². The predicted molar refractivity (Wildman–Crippen MR) is 306 cm³/mol. The molecule has 25 heteroatoms. The Kier molecular flexibility index (Phi) is 14.7. The molecule has 4 aromatic carbocycles. The van der Waals surface area contributed by atoms with Crippen LogP contribution in [0.2, 0.25) is 0 Å². The molecule has 6 aliphatic heterocycles. The van der Waals surface area contributed by atoms with E-state index in [0.717, 1.165) is 79.4 Å². The third kappa shape index (κ3) is 10.4. The summed E-state index contributed by atoms with van der Waals surface area (Å²) in [7, 11) is -8.96. The van der Waals surface area contributed by atoms with E-state index in [-0.39, 0.29) is 83.8 Å². The number of para-hydroxylation sites is 1. The standard InChI is InChI=1S/C59H65F2N9O12S2/c1-35(2)81-52-6-4-3-5-42(52)51-32-67(84(76,77)40-8-10-44(60)45(61)27-40)20-21-68(51)39-30-59(31-39)15-18-66(19-16-59)38-7-9-43(48(26-38)69-47-14-24-79-34-54(47)82-58-50(69)25-37-11-17-62-56(37)64-58)57(71)65-83(74,75)41-28-49(70(72)73)55-53(29-41)80-33-46(63-55)36-12-22-78-23-13-36/h3-11,17,25-29,35-36,39,46-47,51,54,63H,12-16,18-24,30-34H2,1-2H3,(H,62,64)(H,65,71)/t46-,47-,51-,54-/m0/s1. The highest BCUT2D eigenvalue weighted by atomic mass is 32.2. The van der Waals surface area contributed by atoms with Gasteiger partial charge in [-0.1, -0.05) is 18.2 Å². The molecule has 5 fully saturated rings. The second-order valence-electron chi connectivity index (χ2n) is 23.4. The first kappa shape index (κ1) is 56.0. The van der Waals surface area contributed by atoms with Crippen LogP contribution in [0.1, 0.15) is 80.8 Å². The van der Waals surface area contributed by atoms with Gasteiger partial charge in [-0.15, -0.1) is 0 Å². The third-order valence-electron chi connectivity index (χ3n) is 18.0. The fourth-order valence-corrected chi connectivity index (χ4v) is 16.1. The zero-order valence-corrected chi connectivity index (χ0v) is 48.0.